The minimum absolute atomic E-state index is 0.114. The predicted octanol–water partition coefficient (Wildman–Crippen LogP) is 2.03. The molecule has 8 heteroatoms. The average molecular weight is 389 g/mol. The Morgan fingerprint density at radius 3 is 2.74 bits per heavy atom. The first kappa shape index (κ1) is 19.3. The number of carbonyl (C=O) groups excluding carboxylic acids is 1. The van der Waals surface area contributed by atoms with Gasteiger partial charge in [0, 0.05) is 18.8 Å². The van der Waals surface area contributed by atoms with Gasteiger partial charge in [-0.15, -0.1) is 0 Å². The number of sulfonamides is 1. The quantitative estimate of drug-likeness (QED) is 0.843. The van der Waals surface area contributed by atoms with Crippen molar-refractivity contribution in [2.45, 2.75) is 37.7 Å². The van der Waals surface area contributed by atoms with Gasteiger partial charge in [0.25, 0.3) is 5.91 Å². The number of hydrogen-bond donors (Lipinski definition) is 1. The normalized spacial score (nSPS) is 18.2. The maximum absolute atomic E-state index is 13.1. The van der Waals surface area contributed by atoms with Crippen LogP contribution in [0.15, 0.2) is 41.4 Å². The number of piperidine rings is 1. The van der Waals surface area contributed by atoms with Crippen LogP contribution in [-0.2, 0) is 10.0 Å². The molecule has 0 bridgehead atoms. The van der Waals surface area contributed by atoms with Crippen LogP contribution in [0.5, 0.6) is 5.75 Å². The van der Waals surface area contributed by atoms with Crippen molar-refractivity contribution in [1.29, 1.82) is 0 Å². The summed E-state index contributed by atoms with van der Waals surface area (Å²) in [7, 11) is -3.59. The first-order valence-electron chi connectivity index (χ1n) is 8.77. The summed E-state index contributed by atoms with van der Waals surface area (Å²) < 4.78 is 33.5. The van der Waals surface area contributed by atoms with Gasteiger partial charge in [-0.25, -0.2) is 8.42 Å². The molecule has 1 aromatic carbocycles. The number of aromatic nitrogens is 1. The largest absolute Gasteiger partial charge is 0.489 e. The summed E-state index contributed by atoms with van der Waals surface area (Å²) in [5.74, 6) is -0.183. The highest BCUT2D eigenvalue weighted by Gasteiger charge is 2.32. The molecular formula is C19H23N3O4S. The summed E-state index contributed by atoms with van der Waals surface area (Å²) in [4.78, 5) is 15.5. The summed E-state index contributed by atoms with van der Waals surface area (Å²) >= 11 is 0. The summed E-state index contributed by atoms with van der Waals surface area (Å²) in [5.41, 5.74) is 7.11. The molecule has 3 rings (SSSR count). The topological polar surface area (TPSA) is 103 Å². The van der Waals surface area contributed by atoms with Crippen molar-refractivity contribution in [3.63, 3.8) is 0 Å². The van der Waals surface area contributed by atoms with Crippen LogP contribution in [0.4, 0.5) is 0 Å². The average Bonchev–Trinajstić information content (AvgIpc) is 2.62. The summed E-state index contributed by atoms with van der Waals surface area (Å²) in [5, 5.41) is 0. The number of carbonyl (C=O) groups is 1. The number of rotatable bonds is 5. The number of nitrogens with zero attached hydrogens (tertiary/aromatic N) is 2. The molecule has 1 atom stereocenters. The van der Waals surface area contributed by atoms with Gasteiger partial charge < -0.3 is 10.5 Å². The zero-order valence-corrected chi connectivity index (χ0v) is 16.2. The maximum Gasteiger partial charge on any atom is 0.267 e. The van der Waals surface area contributed by atoms with Gasteiger partial charge >= 0.3 is 0 Å². The van der Waals surface area contributed by atoms with E-state index >= 15 is 0 Å². The van der Waals surface area contributed by atoms with Crippen molar-refractivity contribution in [2.24, 2.45) is 5.73 Å². The third-order valence-electron chi connectivity index (χ3n) is 4.58. The first-order valence-corrected chi connectivity index (χ1v) is 10.2. The fourth-order valence-electron chi connectivity index (χ4n) is 3.26. The standard InChI is InChI=1S/C19H23N3O4S/c1-13-5-6-18(14(2)10-13)27(24,25)22-9-3-4-16(12-22)26-15-7-8-21-17(11-15)19(20)23/h5-8,10-11,16H,3-4,9,12H2,1-2H3,(H2,20,23). The second-order valence-corrected chi connectivity index (χ2v) is 8.66. The van der Waals surface area contributed by atoms with Crippen LogP contribution in [0.2, 0.25) is 0 Å². The van der Waals surface area contributed by atoms with E-state index in [1.165, 1.54) is 16.6 Å². The van der Waals surface area contributed by atoms with Gasteiger partial charge in [0.2, 0.25) is 10.0 Å². The van der Waals surface area contributed by atoms with Crippen LogP contribution < -0.4 is 10.5 Å². The van der Waals surface area contributed by atoms with E-state index in [-0.39, 0.29) is 18.3 Å². The van der Waals surface area contributed by atoms with Crippen LogP contribution in [-0.4, -0.2) is 42.8 Å². The third-order valence-corrected chi connectivity index (χ3v) is 6.60. The highest BCUT2D eigenvalue weighted by Crippen LogP contribution is 2.26. The van der Waals surface area contributed by atoms with Crippen molar-refractivity contribution in [1.82, 2.24) is 9.29 Å². The van der Waals surface area contributed by atoms with Crippen LogP contribution >= 0.6 is 0 Å². The lowest BCUT2D eigenvalue weighted by molar-refractivity contribution is 0.0993. The van der Waals surface area contributed by atoms with Crippen LogP contribution in [0.1, 0.15) is 34.5 Å². The number of amides is 1. The Balaban J connectivity index is 1.77. The minimum atomic E-state index is -3.59. The smallest absolute Gasteiger partial charge is 0.267 e. The van der Waals surface area contributed by atoms with E-state index in [0.717, 1.165) is 17.5 Å². The number of primary amides is 1. The van der Waals surface area contributed by atoms with Crippen molar-refractivity contribution >= 4 is 15.9 Å². The van der Waals surface area contributed by atoms with Crippen molar-refractivity contribution in [3.8, 4) is 5.75 Å². The molecule has 1 aliphatic rings. The number of ether oxygens (including phenoxy) is 1. The molecule has 27 heavy (non-hydrogen) atoms. The van der Waals surface area contributed by atoms with Gasteiger partial charge in [0.05, 0.1) is 11.4 Å². The molecule has 144 valence electrons. The molecule has 1 aromatic heterocycles. The number of benzene rings is 1. The molecule has 2 heterocycles. The Bertz CT molecular complexity index is 959. The molecule has 0 aliphatic carbocycles. The minimum Gasteiger partial charge on any atom is -0.489 e. The molecule has 2 N–H and O–H groups in total. The highest BCUT2D eigenvalue weighted by atomic mass is 32.2. The van der Waals surface area contributed by atoms with Crippen LogP contribution in [0, 0.1) is 13.8 Å². The van der Waals surface area contributed by atoms with Crippen LogP contribution in [0.25, 0.3) is 0 Å². The summed E-state index contributed by atoms with van der Waals surface area (Å²) in [6.07, 6.45) is 2.57. The van der Waals surface area contributed by atoms with Gasteiger partial charge in [-0.1, -0.05) is 17.7 Å². The molecule has 1 fully saturated rings. The number of hydrogen-bond acceptors (Lipinski definition) is 5. The van der Waals surface area contributed by atoms with Gasteiger partial charge in [-0.3, -0.25) is 9.78 Å². The molecule has 1 unspecified atom stereocenters. The summed E-state index contributed by atoms with van der Waals surface area (Å²) in [6, 6.07) is 8.43. The predicted molar refractivity (Wildman–Crippen MR) is 101 cm³/mol. The Kier molecular flexibility index (Phi) is 5.48. The lowest BCUT2D eigenvalue weighted by Gasteiger charge is -2.32. The Hall–Kier alpha value is -2.45. The molecular weight excluding hydrogens is 366 g/mol. The SMILES string of the molecule is Cc1ccc(S(=O)(=O)N2CCCC(Oc3ccnc(C(N)=O)c3)C2)c(C)c1. The summed E-state index contributed by atoms with van der Waals surface area (Å²) in [6.45, 7) is 4.45. The first-order chi connectivity index (χ1) is 12.8. The Morgan fingerprint density at radius 1 is 1.26 bits per heavy atom. The van der Waals surface area contributed by atoms with E-state index < -0.39 is 15.9 Å². The fraction of sp³-hybridized carbons (Fsp3) is 0.368. The molecule has 1 amide bonds. The second-order valence-electron chi connectivity index (χ2n) is 6.76. The molecule has 7 nitrogen and oxygen atoms in total. The van der Waals surface area contributed by atoms with E-state index in [2.05, 4.69) is 4.98 Å². The second kappa shape index (κ2) is 7.66. The van der Waals surface area contributed by atoms with E-state index in [4.69, 9.17) is 10.5 Å². The Morgan fingerprint density at radius 2 is 2.04 bits per heavy atom. The lowest BCUT2D eigenvalue weighted by atomic mass is 10.1. The van der Waals surface area contributed by atoms with E-state index in [1.54, 1.807) is 25.1 Å². The van der Waals surface area contributed by atoms with E-state index in [1.807, 2.05) is 13.0 Å². The third kappa shape index (κ3) is 4.28. The molecule has 0 saturated carbocycles. The molecule has 1 aliphatic heterocycles. The number of nitrogens with two attached hydrogens (primary N) is 1. The number of aryl methyl sites for hydroxylation is 2. The highest BCUT2D eigenvalue weighted by molar-refractivity contribution is 7.89. The molecule has 1 saturated heterocycles. The molecule has 2 aromatic rings. The Labute approximate surface area is 159 Å². The van der Waals surface area contributed by atoms with Crippen molar-refractivity contribution in [3.05, 3.63) is 53.3 Å². The molecule has 0 spiro atoms. The zero-order valence-electron chi connectivity index (χ0n) is 15.4. The van der Waals surface area contributed by atoms with Gasteiger partial charge in [-0.05, 0) is 44.4 Å². The lowest BCUT2D eigenvalue weighted by Crippen LogP contribution is -2.44. The van der Waals surface area contributed by atoms with Crippen molar-refractivity contribution in [2.75, 3.05) is 13.1 Å². The zero-order chi connectivity index (χ0) is 19.6. The van der Waals surface area contributed by atoms with Gasteiger partial charge in [-0.2, -0.15) is 4.31 Å². The molecule has 0 radical (unpaired) electrons. The van der Waals surface area contributed by atoms with Crippen molar-refractivity contribution < 1.29 is 17.9 Å². The van der Waals surface area contributed by atoms with Gasteiger partial charge in [0.1, 0.15) is 17.5 Å². The van der Waals surface area contributed by atoms with Crippen LogP contribution in [0.3, 0.4) is 0 Å². The van der Waals surface area contributed by atoms with E-state index in [9.17, 15) is 13.2 Å². The van der Waals surface area contributed by atoms with E-state index in [0.29, 0.717) is 23.6 Å². The monoisotopic (exact) mass is 389 g/mol. The maximum atomic E-state index is 13.1. The number of pyridine rings is 1. The van der Waals surface area contributed by atoms with Gasteiger partial charge in [0.15, 0.2) is 0 Å². The fourth-order valence-corrected chi connectivity index (χ4v) is 4.97.